The number of aliphatic hydroxyl groups excluding tert-OH is 1. The van der Waals surface area contributed by atoms with Crippen LogP contribution in [0.3, 0.4) is 0 Å². The van der Waals surface area contributed by atoms with Gasteiger partial charge in [0.2, 0.25) is 0 Å². The van der Waals surface area contributed by atoms with Crippen molar-refractivity contribution < 1.29 is 5.11 Å². The maximum Gasteiger partial charge on any atom is 0.167 e. The topological polar surface area (TPSA) is 45.0 Å². The highest BCUT2D eigenvalue weighted by atomic mass is 16.3. The van der Waals surface area contributed by atoms with Gasteiger partial charge in [0, 0.05) is 5.92 Å². The van der Waals surface area contributed by atoms with E-state index in [9.17, 15) is 0 Å². The standard InChI is InChI=1S/C7H16N2O/c1-5(2)7(10)9-8-6(3)4/h5-7,10H,1-4H3. The van der Waals surface area contributed by atoms with E-state index in [1.54, 1.807) is 0 Å². The highest BCUT2D eigenvalue weighted by Gasteiger charge is 2.05. The van der Waals surface area contributed by atoms with Gasteiger partial charge in [-0.1, -0.05) is 13.8 Å². The van der Waals surface area contributed by atoms with E-state index in [1.807, 2.05) is 27.7 Å². The summed E-state index contributed by atoms with van der Waals surface area (Å²) in [6.45, 7) is 7.67. The first-order chi connectivity index (χ1) is 4.54. The molecule has 1 atom stereocenters. The van der Waals surface area contributed by atoms with E-state index in [0.717, 1.165) is 0 Å². The van der Waals surface area contributed by atoms with Gasteiger partial charge in [-0.25, -0.2) is 0 Å². The lowest BCUT2D eigenvalue weighted by Gasteiger charge is -2.07. The molecule has 1 N–H and O–H groups in total. The fraction of sp³-hybridized carbons (Fsp3) is 1.00. The number of hydrogen-bond acceptors (Lipinski definition) is 3. The largest absolute Gasteiger partial charge is 0.370 e. The molecule has 0 aromatic rings. The van der Waals surface area contributed by atoms with Crippen molar-refractivity contribution in [3.8, 4) is 0 Å². The van der Waals surface area contributed by atoms with Crippen LogP contribution in [0.2, 0.25) is 0 Å². The second-order valence-corrected chi connectivity index (χ2v) is 2.98. The lowest BCUT2D eigenvalue weighted by Crippen LogP contribution is -2.10. The Kier molecular flexibility index (Phi) is 4.19. The molecule has 0 amide bonds. The number of azo groups is 1. The number of aliphatic hydroxyl groups is 1. The van der Waals surface area contributed by atoms with Crippen LogP contribution in [0.1, 0.15) is 27.7 Å². The molecule has 0 rings (SSSR count). The third-order valence-corrected chi connectivity index (χ3v) is 1.01. The number of hydrogen-bond donors (Lipinski definition) is 1. The van der Waals surface area contributed by atoms with Gasteiger partial charge in [0.05, 0.1) is 6.04 Å². The Morgan fingerprint density at radius 1 is 1.00 bits per heavy atom. The van der Waals surface area contributed by atoms with E-state index >= 15 is 0 Å². The minimum atomic E-state index is -0.637. The first kappa shape index (κ1) is 9.56. The molecular formula is C7H16N2O. The Labute approximate surface area is 62.2 Å². The lowest BCUT2D eigenvalue weighted by molar-refractivity contribution is 0.125. The molecule has 3 nitrogen and oxygen atoms in total. The van der Waals surface area contributed by atoms with Crippen LogP contribution < -0.4 is 0 Å². The zero-order valence-corrected chi connectivity index (χ0v) is 7.07. The average Bonchev–Trinajstić information content (AvgIpc) is 1.82. The van der Waals surface area contributed by atoms with Gasteiger partial charge in [-0.15, -0.1) is 0 Å². The summed E-state index contributed by atoms with van der Waals surface area (Å²) in [5.74, 6) is 0.155. The Morgan fingerprint density at radius 3 is 1.80 bits per heavy atom. The molecule has 1 unspecified atom stereocenters. The number of rotatable bonds is 3. The van der Waals surface area contributed by atoms with Gasteiger partial charge in [-0.3, -0.25) is 0 Å². The molecule has 0 bridgehead atoms. The smallest absolute Gasteiger partial charge is 0.167 e. The highest BCUT2D eigenvalue weighted by molar-refractivity contribution is 4.54. The van der Waals surface area contributed by atoms with E-state index in [2.05, 4.69) is 10.2 Å². The van der Waals surface area contributed by atoms with Gasteiger partial charge in [-0.05, 0) is 13.8 Å². The zero-order valence-electron chi connectivity index (χ0n) is 7.07. The van der Waals surface area contributed by atoms with Crippen molar-refractivity contribution in [3.63, 3.8) is 0 Å². The predicted molar refractivity (Wildman–Crippen MR) is 40.8 cm³/mol. The van der Waals surface area contributed by atoms with E-state index < -0.39 is 6.23 Å². The van der Waals surface area contributed by atoms with Crippen LogP contribution in [0, 0.1) is 5.92 Å². The number of nitrogens with zero attached hydrogens (tertiary/aromatic N) is 2. The summed E-state index contributed by atoms with van der Waals surface area (Å²) in [6, 6.07) is 0.174. The third-order valence-electron chi connectivity index (χ3n) is 1.01. The SMILES string of the molecule is CC(C)N=NC(O)C(C)C. The van der Waals surface area contributed by atoms with Crippen molar-refractivity contribution in [2.45, 2.75) is 40.0 Å². The summed E-state index contributed by atoms with van der Waals surface area (Å²) in [4.78, 5) is 0. The molecule has 0 aromatic heterocycles. The van der Waals surface area contributed by atoms with Crippen molar-refractivity contribution >= 4 is 0 Å². The van der Waals surface area contributed by atoms with Crippen molar-refractivity contribution in [2.75, 3.05) is 0 Å². The van der Waals surface area contributed by atoms with Gasteiger partial charge >= 0.3 is 0 Å². The fourth-order valence-corrected chi connectivity index (χ4v) is 0.335. The normalized spacial score (nSPS) is 15.5. The van der Waals surface area contributed by atoms with E-state index in [1.165, 1.54) is 0 Å². The van der Waals surface area contributed by atoms with E-state index in [4.69, 9.17) is 5.11 Å². The molecule has 0 spiro atoms. The first-order valence-corrected chi connectivity index (χ1v) is 3.62. The van der Waals surface area contributed by atoms with Crippen LogP contribution in [0.4, 0.5) is 0 Å². The molecule has 0 aliphatic rings. The molecule has 60 valence electrons. The van der Waals surface area contributed by atoms with Gasteiger partial charge in [0.15, 0.2) is 6.23 Å². The zero-order chi connectivity index (χ0) is 8.15. The van der Waals surface area contributed by atoms with Crippen molar-refractivity contribution in [2.24, 2.45) is 16.1 Å². The highest BCUT2D eigenvalue weighted by Crippen LogP contribution is 2.03. The maximum atomic E-state index is 9.11. The Balaban J connectivity index is 3.66. The quantitative estimate of drug-likeness (QED) is 0.603. The van der Waals surface area contributed by atoms with Crippen molar-refractivity contribution in [1.29, 1.82) is 0 Å². The Morgan fingerprint density at radius 2 is 1.50 bits per heavy atom. The summed E-state index contributed by atoms with van der Waals surface area (Å²) in [5.41, 5.74) is 0. The van der Waals surface area contributed by atoms with E-state index in [-0.39, 0.29) is 12.0 Å². The molecular weight excluding hydrogens is 128 g/mol. The molecule has 0 saturated carbocycles. The van der Waals surface area contributed by atoms with E-state index in [0.29, 0.717) is 0 Å². The molecule has 0 aromatic carbocycles. The Bertz CT molecular complexity index is 110. The first-order valence-electron chi connectivity index (χ1n) is 3.62. The van der Waals surface area contributed by atoms with Crippen LogP contribution in [0.25, 0.3) is 0 Å². The summed E-state index contributed by atoms with van der Waals surface area (Å²) < 4.78 is 0. The molecule has 3 heteroatoms. The molecule has 0 radical (unpaired) electrons. The molecule has 0 aliphatic heterocycles. The van der Waals surface area contributed by atoms with Crippen LogP contribution in [-0.4, -0.2) is 17.4 Å². The summed E-state index contributed by atoms with van der Waals surface area (Å²) in [7, 11) is 0. The minimum Gasteiger partial charge on any atom is -0.370 e. The summed E-state index contributed by atoms with van der Waals surface area (Å²) in [6.07, 6.45) is -0.637. The summed E-state index contributed by atoms with van der Waals surface area (Å²) >= 11 is 0. The second kappa shape index (κ2) is 4.39. The van der Waals surface area contributed by atoms with Crippen molar-refractivity contribution in [3.05, 3.63) is 0 Å². The maximum absolute atomic E-state index is 9.11. The minimum absolute atomic E-state index is 0.155. The molecule has 10 heavy (non-hydrogen) atoms. The van der Waals surface area contributed by atoms with Gasteiger partial charge in [-0.2, -0.15) is 10.2 Å². The monoisotopic (exact) mass is 144 g/mol. The molecule has 0 saturated heterocycles. The predicted octanol–water partition coefficient (Wildman–Crippen LogP) is 1.82. The Hall–Kier alpha value is -0.440. The molecule has 0 fully saturated rings. The van der Waals surface area contributed by atoms with Crippen LogP contribution >= 0.6 is 0 Å². The van der Waals surface area contributed by atoms with Gasteiger partial charge in [0.25, 0.3) is 0 Å². The molecule has 0 heterocycles. The molecule has 0 aliphatic carbocycles. The van der Waals surface area contributed by atoms with Crippen LogP contribution in [-0.2, 0) is 0 Å². The fourth-order valence-electron chi connectivity index (χ4n) is 0.335. The lowest BCUT2D eigenvalue weighted by atomic mass is 10.2. The van der Waals surface area contributed by atoms with Crippen LogP contribution in [0.5, 0.6) is 0 Å². The van der Waals surface area contributed by atoms with Gasteiger partial charge in [0.1, 0.15) is 0 Å². The van der Waals surface area contributed by atoms with Crippen molar-refractivity contribution in [1.82, 2.24) is 0 Å². The van der Waals surface area contributed by atoms with Crippen LogP contribution in [0.15, 0.2) is 10.2 Å². The van der Waals surface area contributed by atoms with Gasteiger partial charge < -0.3 is 5.11 Å². The second-order valence-electron chi connectivity index (χ2n) is 2.98. The third kappa shape index (κ3) is 4.44. The summed E-state index contributed by atoms with van der Waals surface area (Å²) in [5, 5.41) is 16.6. The average molecular weight is 144 g/mol.